The maximum absolute atomic E-state index is 12.5. The van der Waals surface area contributed by atoms with Crippen molar-refractivity contribution < 1.29 is 13.2 Å². The lowest BCUT2D eigenvalue weighted by atomic mass is 9.99. The molecule has 1 saturated heterocycles. The molecule has 1 fully saturated rings. The quantitative estimate of drug-likeness (QED) is 0.903. The second-order valence-electron chi connectivity index (χ2n) is 7.11. The van der Waals surface area contributed by atoms with Gasteiger partial charge in [0, 0.05) is 18.8 Å². The van der Waals surface area contributed by atoms with Gasteiger partial charge in [0.25, 0.3) is 0 Å². The number of aryl methyl sites for hydroxylation is 1. The molecule has 1 unspecified atom stereocenters. The first kappa shape index (κ1) is 17.1. The summed E-state index contributed by atoms with van der Waals surface area (Å²) in [7, 11) is -3.19. The highest BCUT2D eigenvalue weighted by Gasteiger charge is 2.28. The van der Waals surface area contributed by atoms with Crippen LogP contribution in [-0.2, 0) is 22.7 Å². The van der Waals surface area contributed by atoms with Gasteiger partial charge in [-0.3, -0.25) is 0 Å². The van der Waals surface area contributed by atoms with E-state index < -0.39 is 9.84 Å². The minimum Gasteiger partial charge on any atom is -0.324 e. The first-order chi connectivity index (χ1) is 12.5. The number of carbonyl (C=O) groups excluding carboxylic acids is 1. The van der Waals surface area contributed by atoms with Crippen molar-refractivity contribution in [1.29, 1.82) is 0 Å². The van der Waals surface area contributed by atoms with E-state index in [9.17, 15) is 13.2 Å². The summed E-state index contributed by atoms with van der Waals surface area (Å²) < 4.78 is 24.1. The van der Waals surface area contributed by atoms with Crippen molar-refractivity contribution in [3.63, 3.8) is 0 Å². The minimum atomic E-state index is -3.19. The third-order valence-corrected chi connectivity index (χ3v) is 7.03. The van der Waals surface area contributed by atoms with E-state index >= 15 is 0 Å². The maximum Gasteiger partial charge on any atom is 0.321 e. The summed E-state index contributed by atoms with van der Waals surface area (Å²) in [5.41, 5.74) is 2.68. The van der Waals surface area contributed by atoms with Gasteiger partial charge >= 0.3 is 6.03 Å². The molecule has 1 atom stereocenters. The minimum absolute atomic E-state index is 0.157. The molecule has 2 aromatic rings. The monoisotopic (exact) mass is 370 g/mol. The zero-order valence-corrected chi connectivity index (χ0v) is 15.3. The van der Waals surface area contributed by atoms with E-state index in [4.69, 9.17) is 0 Å². The molecule has 6 heteroatoms. The Hall–Kier alpha value is -2.34. The number of hydrogen-bond donors (Lipinski definition) is 1. The summed E-state index contributed by atoms with van der Waals surface area (Å²) in [5, 5.41) is 2.86. The first-order valence-electron chi connectivity index (χ1n) is 8.97. The Bertz CT molecular complexity index is 925. The van der Waals surface area contributed by atoms with Gasteiger partial charge in [-0.05, 0) is 48.4 Å². The largest absolute Gasteiger partial charge is 0.324 e. The molecular formula is C20H22N2O3S. The van der Waals surface area contributed by atoms with Crippen molar-refractivity contribution in [3.05, 3.63) is 59.7 Å². The number of amides is 2. The van der Waals surface area contributed by atoms with Crippen LogP contribution in [0.4, 0.5) is 10.5 Å². The third kappa shape index (κ3) is 3.46. The highest BCUT2D eigenvalue weighted by atomic mass is 32.2. The fraction of sp³-hybridized carbons (Fsp3) is 0.350. The molecule has 0 aromatic heterocycles. The molecule has 26 heavy (non-hydrogen) atoms. The Kier molecular flexibility index (Phi) is 4.44. The molecule has 0 radical (unpaired) electrons. The number of benzene rings is 2. The van der Waals surface area contributed by atoms with E-state index in [-0.39, 0.29) is 11.8 Å². The van der Waals surface area contributed by atoms with Crippen molar-refractivity contribution in [2.75, 3.05) is 24.2 Å². The van der Waals surface area contributed by atoms with Gasteiger partial charge in [0.15, 0.2) is 9.84 Å². The van der Waals surface area contributed by atoms with Crippen molar-refractivity contribution in [3.8, 4) is 0 Å². The van der Waals surface area contributed by atoms with Crippen molar-refractivity contribution in [2.45, 2.75) is 24.2 Å². The number of anilines is 1. The molecule has 2 amide bonds. The molecule has 1 N–H and O–H groups in total. The van der Waals surface area contributed by atoms with E-state index in [1.807, 2.05) is 23.1 Å². The molecule has 2 aliphatic rings. The van der Waals surface area contributed by atoms with Gasteiger partial charge in [-0.25, -0.2) is 13.2 Å². The van der Waals surface area contributed by atoms with Crippen LogP contribution in [0, 0.1) is 5.92 Å². The molecule has 2 aromatic carbocycles. The lowest BCUT2D eigenvalue weighted by Crippen LogP contribution is -2.33. The van der Waals surface area contributed by atoms with E-state index in [0.717, 1.165) is 31.5 Å². The van der Waals surface area contributed by atoms with Crippen LogP contribution in [0.25, 0.3) is 0 Å². The highest BCUT2D eigenvalue weighted by molar-refractivity contribution is 7.91. The molecule has 4 rings (SSSR count). The zero-order chi connectivity index (χ0) is 18.1. The SMILES string of the molecule is O=C(Nc1ccc2c(c1)S(=O)(=O)CC2)N1CCC(Cc2ccccc2)C1. The second kappa shape index (κ2) is 6.76. The number of nitrogens with zero attached hydrogens (tertiary/aromatic N) is 1. The molecule has 5 nitrogen and oxygen atoms in total. The molecule has 136 valence electrons. The van der Waals surface area contributed by atoms with Gasteiger partial charge in [0.2, 0.25) is 0 Å². The van der Waals surface area contributed by atoms with Crippen molar-refractivity contribution in [1.82, 2.24) is 4.90 Å². The average molecular weight is 370 g/mol. The summed E-state index contributed by atoms with van der Waals surface area (Å²) in [4.78, 5) is 14.7. The van der Waals surface area contributed by atoms with Gasteiger partial charge in [-0.1, -0.05) is 36.4 Å². The number of nitrogens with one attached hydrogen (secondary N) is 1. The summed E-state index contributed by atoms with van der Waals surface area (Å²) in [6.45, 7) is 1.45. The number of sulfone groups is 1. The first-order valence-corrected chi connectivity index (χ1v) is 10.6. The average Bonchev–Trinajstić information content (AvgIpc) is 3.21. The molecule has 0 aliphatic carbocycles. The molecule has 2 heterocycles. The van der Waals surface area contributed by atoms with E-state index in [0.29, 0.717) is 22.9 Å². The van der Waals surface area contributed by atoms with Gasteiger partial charge in [-0.15, -0.1) is 0 Å². The predicted molar refractivity (Wildman–Crippen MR) is 101 cm³/mol. The van der Waals surface area contributed by atoms with Crippen LogP contribution in [0.15, 0.2) is 53.4 Å². The van der Waals surface area contributed by atoms with E-state index in [1.165, 1.54) is 5.56 Å². The lowest BCUT2D eigenvalue weighted by molar-refractivity contribution is 0.221. The van der Waals surface area contributed by atoms with Crippen LogP contribution < -0.4 is 5.32 Å². The van der Waals surface area contributed by atoms with Crippen LogP contribution in [0.3, 0.4) is 0 Å². The third-order valence-electron chi connectivity index (χ3n) is 5.23. The summed E-state index contributed by atoms with van der Waals surface area (Å²) in [6, 6.07) is 15.3. The lowest BCUT2D eigenvalue weighted by Gasteiger charge is -2.18. The Morgan fingerprint density at radius 2 is 1.96 bits per heavy atom. The smallest absolute Gasteiger partial charge is 0.321 e. The number of rotatable bonds is 3. The van der Waals surface area contributed by atoms with Gasteiger partial charge in [0.05, 0.1) is 10.6 Å². The highest BCUT2D eigenvalue weighted by Crippen LogP contribution is 2.29. The summed E-state index contributed by atoms with van der Waals surface area (Å²) in [6.07, 6.45) is 2.52. The van der Waals surface area contributed by atoms with Crippen LogP contribution in [0.2, 0.25) is 0 Å². The maximum atomic E-state index is 12.5. The number of fused-ring (bicyclic) bond motifs is 1. The Morgan fingerprint density at radius 3 is 2.77 bits per heavy atom. The summed E-state index contributed by atoms with van der Waals surface area (Å²) in [5.74, 6) is 0.621. The van der Waals surface area contributed by atoms with Crippen LogP contribution in [0.1, 0.15) is 17.5 Å². The standard InChI is InChI=1S/C20H22N2O3S/c23-20(21-18-7-6-17-9-11-26(24,25)19(17)13-18)22-10-8-16(14-22)12-15-4-2-1-3-5-15/h1-7,13,16H,8-12,14H2,(H,21,23). The number of carbonyl (C=O) groups is 1. The zero-order valence-electron chi connectivity index (χ0n) is 14.5. The van der Waals surface area contributed by atoms with Crippen molar-refractivity contribution in [2.24, 2.45) is 5.92 Å². The fourth-order valence-electron chi connectivity index (χ4n) is 3.82. The van der Waals surface area contributed by atoms with Gasteiger partial charge < -0.3 is 10.2 Å². The molecule has 0 bridgehead atoms. The molecular weight excluding hydrogens is 348 g/mol. The Balaban J connectivity index is 1.39. The Morgan fingerprint density at radius 1 is 1.15 bits per heavy atom. The van der Waals surface area contributed by atoms with Crippen LogP contribution in [0.5, 0.6) is 0 Å². The van der Waals surface area contributed by atoms with Crippen LogP contribution >= 0.6 is 0 Å². The topological polar surface area (TPSA) is 66.5 Å². The van der Waals surface area contributed by atoms with E-state index in [2.05, 4.69) is 17.4 Å². The van der Waals surface area contributed by atoms with E-state index in [1.54, 1.807) is 18.2 Å². The second-order valence-corrected chi connectivity index (χ2v) is 9.19. The normalized spacial score (nSPS) is 20.8. The predicted octanol–water partition coefficient (Wildman–Crippen LogP) is 3.11. The molecule has 0 saturated carbocycles. The Labute approximate surface area is 153 Å². The molecule has 0 spiro atoms. The molecule has 2 aliphatic heterocycles. The number of urea groups is 1. The number of likely N-dealkylation sites (tertiary alicyclic amines) is 1. The van der Waals surface area contributed by atoms with Crippen molar-refractivity contribution >= 4 is 21.6 Å². The summed E-state index contributed by atoms with van der Waals surface area (Å²) >= 11 is 0. The fourth-order valence-corrected chi connectivity index (χ4v) is 5.40. The van der Waals surface area contributed by atoms with Gasteiger partial charge in [0.1, 0.15) is 0 Å². The van der Waals surface area contributed by atoms with Gasteiger partial charge in [-0.2, -0.15) is 0 Å². The van der Waals surface area contributed by atoms with Crippen LogP contribution in [-0.4, -0.2) is 38.2 Å². The number of hydrogen-bond acceptors (Lipinski definition) is 3.